The van der Waals surface area contributed by atoms with Crippen molar-refractivity contribution in [3.63, 3.8) is 0 Å². The van der Waals surface area contributed by atoms with E-state index in [1.807, 2.05) is 18.2 Å². The zero-order chi connectivity index (χ0) is 9.52. The van der Waals surface area contributed by atoms with Crippen molar-refractivity contribution in [1.82, 2.24) is 0 Å². The lowest BCUT2D eigenvalue weighted by atomic mass is 10.0. The molecule has 1 aromatic rings. The maximum atomic E-state index is 9.63. The molecule has 1 heteroatoms. The van der Waals surface area contributed by atoms with Gasteiger partial charge in [-0.3, -0.25) is 0 Å². The van der Waals surface area contributed by atoms with Gasteiger partial charge in [0.15, 0.2) is 0 Å². The first-order valence-corrected chi connectivity index (χ1v) is 5.05. The molecule has 0 spiro atoms. The quantitative estimate of drug-likeness (QED) is 0.735. The molecule has 0 aliphatic rings. The second-order valence-corrected chi connectivity index (χ2v) is 3.49. The van der Waals surface area contributed by atoms with E-state index in [9.17, 15) is 5.11 Å². The number of benzene rings is 1. The Kier molecular flexibility index (Phi) is 4.55. The molecule has 72 valence electrons. The lowest BCUT2D eigenvalue weighted by molar-refractivity contribution is 0.162. The van der Waals surface area contributed by atoms with E-state index in [0.717, 1.165) is 25.7 Å². The molecule has 0 bridgehead atoms. The highest BCUT2D eigenvalue weighted by Crippen LogP contribution is 2.08. The Morgan fingerprint density at radius 2 is 1.92 bits per heavy atom. The Labute approximate surface area is 80.4 Å². The average Bonchev–Trinajstić information content (AvgIpc) is 2.16. The molecule has 0 aromatic heterocycles. The van der Waals surface area contributed by atoms with Crippen LogP contribution in [0.4, 0.5) is 0 Å². The third-order valence-corrected chi connectivity index (χ3v) is 2.21. The summed E-state index contributed by atoms with van der Waals surface area (Å²) in [6, 6.07) is 10.2. The summed E-state index contributed by atoms with van der Waals surface area (Å²) in [6.45, 7) is 2.15. The fraction of sp³-hybridized carbons (Fsp3) is 0.500. The number of unbranched alkanes of at least 4 members (excludes halogenated alkanes) is 1. The SMILES string of the molecule is CCCC[C@H](O)Cc1ccccc1. The van der Waals surface area contributed by atoms with Gasteiger partial charge in [-0.05, 0) is 18.4 Å². The summed E-state index contributed by atoms with van der Waals surface area (Å²) in [6.07, 6.45) is 3.83. The van der Waals surface area contributed by atoms with Gasteiger partial charge in [-0.15, -0.1) is 0 Å². The number of aliphatic hydroxyl groups excluding tert-OH is 1. The molecule has 0 saturated heterocycles. The monoisotopic (exact) mass is 178 g/mol. The van der Waals surface area contributed by atoms with Crippen LogP contribution in [0.2, 0.25) is 0 Å². The summed E-state index contributed by atoms with van der Waals surface area (Å²) in [5.74, 6) is 0. The molecule has 0 aliphatic heterocycles. The highest BCUT2D eigenvalue weighted by atomic mass is 16.3. The van der Waals surface area contributed by atoms with Crippen molar-refractivity contribution in [3.8, 4) is 0 Å². The van der Waals surface area contributed by atoms with E-state index < -0.39 is 0 Å². The first-order valence-electron chi connectivity index (χ1n) is 5.05. The van der Waals surface area contributed by atoms with E-state index in [2.05, 4.69) is 19.1 Å². The maximum absolute atomic E-state index is 9.63. The highest BCUT2D eigenvalue weighted by Gasteiger charge is 2.03. The molecule has 0 saturated carbocycles. The van der Waals surface area contributed by atoms with Crippen molar-refractivity contribution in [2.45, 2.75) is 38.7 Å². The molecule has 13 heavy (non-hydrogen) atoms. The van der Waals surface area contributed by atoms with E-state index in [1.165, 1.54) is 5.56 Å². The van der Waals surface area contributed by atoms with Crippen molar-refractivity contribution >= 4 is 0 Å². The molecule has 0 fully saturated rings. The normalized spacial score (nSPS) is 12.8. The van der Waals surface area contributed by atoms with Gasteiger partial charge < -0.3 is 5.11 Å². The van der Waals surface area contributed by atoms with Crippen LogP contribution >= 0.6 is 0 Å². The third-order valence-electron chi connectivity index (χ3n) is 2.21. The molecule has 0 unspecified atom stereocenters. The fourth-order valence-corrected chi connectivity index (χ4v) is 1.43. The summed E-state index contributed by atoms with van der Waals surface area (Å²) in [7, 11) is 0. The van der Waals surface area contributed by atoms with Gasteiger partial charge in [-0.25, -0.2) is 0 Å². The highest BCUT2D eigenvalue weighted by molar-refractivity contribution is 5.15. The van der Waals surface area contributed by atoms with Crippen LogP contribution in [-0.2, 0) is 6.42 Å². The molecular formula is C12H18O. The van der Waals surface area contributed by atoms with Crippen molar-refractivity contribution in [3.05, 3.63) is 35.9 Å². The van der Waals surface area contributed by atoms with Crippen LogP contribution in [0.15, 0.2) is 30.3 Å². The molecule has 1 aromatic carbocycles. The smallest absolute Gasteiger partial charge is 0.0580 e. The Morgan fingerprint density at radius 1 is 1.23 bits per heavy atom. The standard InChI is InChI=1S/C12H18O/c1-2-3-9-12(13)10-11-7-5-4-6-8-11/h4-8,12-13H,2-3,9-10H2,1H3/t12-/m0/s1. The first kappa shape index (κ1) is 10.3. The molecule has 0 amide bonds. The molecule has 1 rings (SSSR count). The number of aliphatic hydroxyl groups is 1. The van der Waals surface area contributed by atoms with Gasteiger partial charge in [0.05, 0.1) is 6.10 Å². The van der Waals surface area contributed by atoms with Crippen molar-refractivity contribution in [2.24, 2.45) is 0 Å². The van der Waals surface area contributed by atoms with Crippen LogP contribution in [0.5, 0.6) is 0 Å². The van der Waals surface area contributed by atoms with Crippen LogP contribution in [-0.4, -0.2) is 11.2 Å². The minimum absolute atomic E-state index is 0.164. The van der Waals surface area contributed by atoms with Crippen LogP contribution in [0.3, 0.4) is 0 Å². The molecule has 1 nitrogen and oxygen atoms in total. The molecule has 1 atom stereocenters. The molecule has 0 heterocycles. The summed E-state index contributed by atoms with van der Waals surface area (Å²) in [5, 5.41) is 9.63. The zero-order valence-electron chi connectivity index (χ0n) is 8.24. The number of hydrogen-bond acceptors (Lipinski definition) is 1. The minimum atomic E-state index is -0.164. The summed E-state index contributed by atoms with van der Waals surface area (Å²) in [5.41, 5.74) is 1.23. The van der Waals surface area contributed by atoms with Crippen LogP contribution in [0, 0.1) is 0 Å². The maximum Gasteiger partial charge on any atom is 0.0580 e. The molecule has 0 radical (unpaired) electrons. The first-order chi connectivity index (χ1) is 6.33. The van der Waals surface area contributed by atoms with Crippen molar-refractivity contribution < 1.29 is 5.11 Å². The minimum Gasteiger partial charge on any atom is -0.393 e. The molecular weight excluding hydrogens is 160 g/mol. The number of hydrogen-bond donors (Lipinski definition) is 1. The van der Waals surface area contributed by atoms with Crippen LogP contribution in [0.1, 0.15) is 31.7 Å². The summed E-state index contributed by atoms with van der Waals surface area (Å²) >= 11 is 0. The lowest BCUT2D eigenvalue weighted by Crippen LogP contribution is -2.09. The van der Waals surface area contributed by atoms with E-state index in [1.54, 1.807) is 0 Å². The summed E-state index contributed by atoms with van der Waals surface area (Å²) in [4.78, 5) is 0. The van der Waals surface area contributed by atoms with Gasteiger partial charge in [0.25, 0.3) is 0 Å². The molecule has 1 N–H and O–H groups in total. The van der Waals surface area contributed by atoms with Gasteiger partial charge in [0, 0.05) is 0 Å². The number of rotatable bonds is 5. The van der Waals surface area contributed by atoms with Crippen molar-refractivity contribution in [2.75, 3.05) is 0 Å². The second-order valence-electron chi connectivity index (χ2n) is 3.49. The Morgan fingerprint density at radius 3 is 2.54 bits per heavy atom. The average molecular weight is 178 g/mol. The molecule has 0 aliphatic carbocycles. The van der Waals surface area contributed by atoms with Gasteiger partial charge in [-0.1, -0.05) is 50.1 Å². The van der Waals surface area contributed by atoms with E-state index >= 15 is 0 Å². The van der Waals surface area contributed by atoms with Gasteiger partial charge in [-0.2, -0.15) is 0 Å². The fourth-order valence-electron chi connectivity index (χ4n) is 1.43. The summed E-state index contributed by atoms with van der Waals surface area (Å²) < 4.78 is 0. The van der Waals surface area contributed by atoms with Gasteiger partial charge >= 0.3 is 0 Å². The van der Waals surface area contributed by atoms with Crippen LogP contribution in [0.25, 0.3) is 0 Å². The Balaban J connectivity index is 2.32. The largest absolute Gasteiger partial charge is 0.393 e. The topological polar surface area (TPSA) is 20.2 Å². The van der Waals surface area contributed by atoms with E-state index in [4.69, 9.17) is 0 Å². The van der Waals surface area contributed by atoms with E-state index in [0.29, 0.717) is 0 Å². The van der Waals surface area contributed by atoms with Gasteiger partial charge in [0.1, 0.15) is 0 Å². The van der Waals surface area contributed by atoms with Crippen molar-refractivity contribution in [1.29, 1.82) is 0 Å². The Hall–Kier alpha value is -0.820. The van der Waals surface area contributed by atoms with E-state index in [-0.39, 0.29) is 6.10 Å². The predicted molar refractivity (Wildman–Crippen MR) is 55.7 cm³/mol. The lowest BCUT2D eigenvalue weighted by Gasteiger charge is -2.09. The Bertz CT molecular complexity index is 218. The zero-order valence-corrected chi connectivity index (χ0v) is 8.24. The van der Waals surface area contributed by atoms with Gasteiger partial charge in [0.2, 0.25) is 0 Å². The predicted octanol–water partition coefficient (Wildman–Crippen LogP) is 2.78. The van der Waals surface area contributed by atoms with Crippen LogP contribution < -0.4 is 0 Å². The third kappa shape index (κ3) is 4.09. The second kappa shape index (κ2) is 5.76.